The van der Waals surface area contributed by atoms with Gasteiger partial charge in [-0.05, 0) is 40.6 Å². The van der Waals surface area contributed by atoms with Crippen LogP contribution in [0.15, 0.2) is 91.1 Å². The van der Waals surface area contributed by atoms with Gasteiger partial charge in [0.2, 0.25) is 0 Å². The molecule has 0 aliphatic carbocycles. The van der Waals surface area contributed by atoms with E-state index >= 15 is 0 Å². The molecule has 0 fully saturated rings. The van der Waals surface area contributed by atoms with Crippen molar-refractivity contribution in [3.05, 3.63) is 102 Å². The van der Waals surface area contributed by atoms with Gasteiger partial charge in [-0.2, -0.15) is 0 Å². The highest BCUT2D eigenvalue weighted by atomic mass is 15.3. The molecule has 0 saturated heterocycles. The first-order chi connectivity index (χ1) is 13.4. The molecule has 0 atom stereocenters. The number of hydrogen-bond acceptors (Lipinski definition) is 4. The number of anilines is 2. The Hall–Kier alpha value is -3.79. The summed E-state index contributed by atoms with van der Waals surface area (Å²) < 4.78 is 0. The lowest BCUT2D eigenvalue weighted by molar-refractivity contribution is 0.870. The zero-order chi connectivity index (χ0) is 18.3. The summed E-state index contributed by atoms with van der Waals surface area (Å²) in [5.74, 6) is 0. The molecule has 4 nitrogen and oxygen atoms in total. The van der Waals surface area contributed by atoms with E-state index in [-0.39, 0.29) is 0 Å². The molecule has 3 aromatic carbocycles. The molecule has 4 heteroatoms. The Labute approximate surface area is 158 Å². The molecule has 0 amide bonds. The summed E-state index contributed by atoms with van der Waals surface area (Å²) in [5, 5.41) is 15.3. The molecule has 1 N–H and O–H groups in total. The van der Waals surface area contributed by atoms with Crippen LogP contribution in [0.25, 0.3) is 23.4 Å². The molecular weight excluding hydrogens is 332 g/mol. The molecule has 1 heterocycles. The standard InChI is InChI=1S/C23H18N4/c1-3-8-18(9-4-1)14-15-19-10-7-13-21(25-20-11-5-2-6-12-20)23(19)22-16-17-24-27-26-22/h1-17,25H. The van der Waals surface area contributed by atoms with Gasteiger partial charge in [0, 0.05) is 16.9 Å². The van der Waals surface area contributed by atoms with Crippen molar-refractivity contribution < 1.29 is 0 Å². The number of hydrogen-bond donors (Lipinski definition) is 1. The van der Waals surface area contributed by atoms with Crippen molar-refractivity contribution in [3.63, 3.8) is 0 Å². The highest BCUT2D eigenvalue weighted by Gasteiger charge is 2.11. The average Bonchev–Trinajstić information content (AvgIpc) is 2.74. The van der Waals surface area contributed by atoms with Crippen LogP contribution in [-0.4, -0.2) is 15.4 Å². The summed E-state index contributed by atoms with van der Waals surface area (Å²) in [6.45, 7) is 0. The van der Waals surface area contributed by atoms with Crippen LogP contribution >= 0.6 is 0 Å². The summed E-state index contributed by atoms with van der Waals surface area (Å²) in [6, 6.07) is 28.3. The zero-order valence-corrected chi connectivity index (χ0v) is 14.7. The van der Waals surface area contributed by atoms with Crippen molar-refractivity contribution in [2.45, 2.75) is 0 Å². The number of para-hydroxylation sites is 1. The van der Waals surface area contributed by atoms with Crippen LogP contribution in [0.5, 0.6) is 0 Å². The lowest BCUT2D eigenvalue weighted by atomic mass is 10.0. The van der Waals surface area contributed by atoms with Crippen molar-refractivity contribution in [2.24, 2.45) is 0 Å². The minimum Gasteiger partial charge on any atom is -0.355 e. The van der Waals surface area contributed by atoms with Gasteiger partial charge in [0.15, 0.2) is 0 Å². The molecule has 4 aromatic rings. The molecule has 0 bridgehead atoms. The Morgan fingerprint density at radius 1 is 0.704 bits per heavy atom. The minimum atomic E-state index is 0.775. The quantitative estimate of drug-likeness (QED) is 0.486. The molecular formula is C23H18N4. The van der Waals surface area contributed by atoms with Gasteiger partial charge in [0.25, 0.3) is 0 Å². The van der Waals surface area contributed by atoms with E-state index in [0.717, 1.165) is 33.8 Å². The van der Waals surface area contributed by atoms with Crippen LogP contribution in [-0.2, 0) is 0 Å². The van der Waals surface area contributed by atoms with E-state index in [2.05, 4.69) is 51.1 Å². The Kier molecular flexibility index (Phi) is 4.97. The zero-order valence-electron chi connectivity index (χ0n) is 14.7. The molecule has 0 aliphatic rings. The van der Waals surface area contributed by atoms with Gasteiger partial charge in [-0.15, -0.1) is 10.2 Å². The summed E-state index contributed by atoms with van der Waals surface area (Å²) in [7, 11) is 0. The summed E-state index contributed by atoms with van der Waals surface area (Å²) in [6.07, 6.45) is 5.86. The second-order valence-corrected chi connectivity index (χ2v) is 6.01. The van der Waals surface area contributed by atoms with E-state index in [1.165, 1.54) is 0 Å². The molecule has 130 valence electrons. The number of rotatable bonds is 5. The molecule has 0 aliphatic heterocycles. The number of nitrogens with zero attached hydrogens (tertiary/aromatic N) is 3. The summed E-state index contributed by atoms with van der Waals surface area (Å²) in [5.41, 5.74) is 5.95. The Morgan fingerprint density at radius 2 is 1.48 bits per heavy atom. The van der Waals surface area contributed by atoms with Crippen molar-refractivity contribution in [2.75, 3.05) is 5.32 Å². The smallest absolute Gasteiger partial charge is 0.0990 e. The Morgan fingerprint density at radius 3 is 2.22 bits per heavy atom. The Balaban J connectivity index is 1.79. The molecule has 4 rings (SSSR count). The van der Waals surface area contributed by atoms with Gasteiger partial charge in [0.05, 0.1) is 11.9 Å². The third-order valence-electron chi connectivity index (χ3n) is 4.16. The highest BCUT2D eigenvalue weighted by Crippen LogP contribution is 2.33. The third kappa shape index (κ3) is 4.07. The third-order valence-corrected chi connectivity index (χ3v) is 4.16. The molecule has 27 heavy (non-hydrogen) atoms. The molecule has 0 spiro atoms. The average molecular weight is 350 g/mol. The van der Waals surface area contributed by atoms with Gasteiger partial charge >= 0.3 is 0 Å². The van der Waals surface area contributed by atoms with E-state index in [1.807, 2.05) is 66.7 Å². The lowest BCUT2D eigenvalue weighted by Crippen LogP contribution is -1.98. The van der Waals surface area contributed by atoms with E-state index < -0.39 is 0 Å². The largest absolute Gasteiger partial charge is 0.355 e. The van der Waals surface area contributed by atoms with Crippen LogP contribution in [0.2, 0.25) is 0 Å². The van der Waals surface area contributed by atoms with Gasteiger partial charge in [-0.25, -0.2) is 0 Å². The minimum absolute atomic E-state index is 0.775. The topological polar surface area (TPSA) is 50.7 Å². The fourth-order valence-corrected chi connectivity index (χ4v) is 2.90. The first-order valence-electron chi connectivity index (χ1n) is 8.73. The predicted octanol–water partition coefficient (Wildman–Crippen LogP) is 5.45. The first kappa shape index (κ1) is 16.7. The first-order valence-corrected chi connectivity index (χ1v) is 8.73. The second-order valence-electron chi connectivity index (χ2n) is 6.01. The molecule has 1 aromatic heterocycles. The maximum absolute atomic E-state index is 4.23. The maximum atomic E-state index is 4.23. The van der Waals surface area contributed by atoms with Gasteiger partial charge in [-0.3, -0.25) is 0 Å². The summed E-state index contributed by atoms with van der Waals surface area (Å²) in [4.78, 5) is 0. The van der Waals surface area contributed by atoms with Gasteiger partial charge in [0.1, 0.15) is 0 Å². The number of nitrogens with one attached hydrogen (secondary N) is 1. The van der Waals surface area contributed by atoms with E-state index in [9.17, 15) is 0 Å². The molecule has 0 radical (unpaired) electrons. The fourth-order valence-electron chi connectivity index (χ4n) is 2.90. The van der Waals surface area contributed by atoms with Crippen molar-refractivity contribution >= 4 is 23.5 Å². The maximum Gasteiger partial charge on any atom is 0.0990 e. The van der Waals surface area contributed by atoms with Gasteiger partial charge in [-0.1, -0.05) is 72.8 Å². The number of aromatic nitrogens is 3. The van der Waals surface area contributed by atoms with Crippen LogP contribution in [0.3, 0.4) is 0 Å². The van der Waals surface area contributed by atoms with E-state index in [0.29, 0.717) is 0 Å². The second kappa shape index (κ2) is 8.06. The van der Waals surface area contributed by atoms with Gasteiger partial charge < -0.3 is 5.32 Å². The van der Waals surface area contributed by atoms with Crippen LogP contribution in [0.1, 0.15) is 11.1 Å². The van der Waals surface area contributed by atoms with E-state index in [1.54, 1.807) is 6.20 Å². The predicted molar refractivity (Wildman–Crippen MR) is 110 cm³/mol. The fraction of sp³-hybridized carbons (Fsp3) is 0. The Bertz CT molecular complexity index is 1030. The number of benzene rings is 3. The van der Waals surface area contributed by atoms with Crippen molar-refractivity contribution in [1.29, 1.82) is 0 Å². The van der Waals surface area contributed by atoms with Crippen LogP contribution < -0.4 is 5.32 Å². The molecule has 0 unspecified atom stereocenters. The van der Waals surface area contributed by atoms with Crippen LogP contribution in [0.4, 0.5) is 11.4 Å². The van der Waals surface area contributed by atoms with Crippen LogP contribution in [0, 0.1) is 0 Å². The van der Waals surface area contributed by atoms with E-state index in [4.69, 9.17) is 0 Å². The normalized spacial score (nSPS) is 10.8. The van der Waals surface area contributed by atoms with Crippen molar-refractivity contribution in [3.8, 4) is 11.3 Å². The SMILES string of the molecule is C(=Cc1cccc(Nc2ccccc2)c1-c1ccnnn1)c1ccccc1. The highest BCUT2D eigenvalue weighted by molar-refractivity contribution is 5.88. The summed E-state index contributed by atoms with van der Waals surface area (Å²) >= 11 is 0. The molecule has 0 saturated carbocycles. The lowest BCUT2D eigenvalue weighted by Gasteiger charge is -2.14. The monoisotopic (exact) mass is 350 g/mol. The van der Waals surface area contributed by atoms with Crippen molar-refractivity contribution in [1.82, 2.24) is 15.4 Å².